The number of hydrogen-bond acceptors (Lipinski definition) is 7. The number of benzene rings is 1. The predicted octanol–water partition coefficient (Wildman–Crippen LogP) is 1.16. The maximum atomic E-state index is 11.5. The van der Waals surface area contributed by atoms with Gasteiger partial charge in [0.1, 0.15) is 0 Å². The van der Waals surface area contributed by atoms with E-state index in [2.05, 4.69) is 20.3 Å². The van der Waals surface area contributed by atoms with E-state index >= 15 is 0 Å². The number of fused-ring (bicyclic) bond motifs is 1. The molecule has 0 radical (unpaired) electrons. The van der Waals surface area contributed by atoms with Crippen molar-refractivity contribution >= 4 is 28.3 Å². The lowest BCUT2D eigenvalue weighted by Crippen LogP contribution is -2.43. The summed E-state index contributed by atoms with van der Waals surface area (Å²) in [5.74, 6) is 0.116. The average Bonchev–Trinajstić information content (AvgIpc) is 2.92. The monoisotopic (exact) mass is 291 g/mol. The molecule has 1 fully saturated rings. The average molecular weight is 291 g/mol. The highest BCUT2D eigenvalue weighted by Crippen LogP contribution is 2.29. The van der Waals surface area contributed by atoms with Crippen LogP contribution in [0.2, 0.25) is 0 Å². The second-order valence-electron chi connectivity index (χ2n) is 5.00. The molecule has 110 valence electrons. The third kappa shape index (κ3) is 2.37. The van der Waals surface area contributed by atoms with Gasteiger partial charge >= 0.3 is 5.69 Å². The number of likely N-dealkylation sites (tertiary alicyclic amines) is 1. The van der Waals surface area contributed by atoms with Crippen molar-refractivity contribution in [2.75, 3.05) is 18.9 Å². The van der Waals surface area contributed by atoms with Crippen LogP contribution in [0.4, 0.5) is 11.4 Å². The van der Waals surface area contributed by atoms with Crippen LogP contribution in [0.1, 0.15) is 12.8 Å². The van der Waals surface area contributed by atoms with Crippen molar-refractivity contribution in [1.82, 2.24) is 15.2 Å². The van der Waals surface area contributed by atoms with E-state index in [-0.39, 0.29) is 23.2 Å². The van der Waals surface area contributed by atoms with Gasteiger partial charge in [-0.05, 0) is 22.8 Å². The first-order valence-electron chi connectivity index (χ1n) is 6.46. The smallest absolute Gasteiger partial charge is 0.300 e. The molecule has 1 aliphatic rings. The molecule has 0 saturated carbocycles. The van der Waals surface area contributed by atoms with Crippen LogP contribution in [0.5, 0.6) is 0 Å². The van der Waals surface area contributed by atoms with E-state index in [9.17, 15) is 14.9 Å². The van der Waals surface area contributed by atoms with Crippen LogP contribution in [0.3, 0.4) is 0 Å². The normalized spacial score (nSPS) is 19.0. The summed E-state index contributed by atoms with van der Waals surface area (Å²) < 4.78 is 4.61. The molecule has 21 heavy (non-hydrogen) atoms. The molecule has 2 heterocycles. The molecule has 1 atom stereocenters. The fraction of sp³-hybridized carbons (Fsp3) is 0.417. The van der Waals surface area contributed by atoms with E-state index < -0.39 is 4.92 Å². The molecule has 3 rings (SSSR count). The van der Waals surface area contributed by atoms with Crippen molar-refractivity contribution in [3.63, 3.8) is 0 Å². The molecule has 1 aromatic carbocycles. The standard InChI is InChI=1S/C12H13N5O4/c1-16-6-7(2-5-10(16)18)13-8-3-4-9(17(19)20)12-11(8)14-21-15-12/h3-4,7,13H,2,5-6H2,1H3. The number of nitrogens with zero attached hydrogens (tertiary/aromatic N) is 4. The zero-order valence-corrected chi connectivity index (χ0v) is 11.3. The summed E-state index contributed by atoms with van der Waals surface area (Å²) in [6, 6.07) is 3.02. The minimum atomic E-state index is -0.524. The Bertz CT molecular complexity index is 713. The summed E-state index contributed by atoms with van der Waals surface area (Å²) in [5, 5.41) is 21.5. The fourth-order valence-electron chi connectivity index (χ4n) is 2.47. The third-order valence-electron chi connectivity index (χ3n) is 3.58. The van der Waals surface area contributed by atoms with Crippen molar-refractivity contribution in [1.29, 1.82) is 0 Å². The highest BCUT2D eigenvalue weighted by molar-refractivity contribution is 5.93. The summed E-state index contributed by atoms with van der Waals surface area (Å²) in [6.07, 6.45) is 1.17. The van der Waals surface area contributed by atoms with Crippen molar-refractivity contribution in [2.24, 2.45) is 0 Å². The molecule has 0 spiro atoms. The number of anilines is 1. The molecule has 9 heteroatoms. The van der Waals surface area contributed by atoms with Crippen LogP contribution >= 0.6 is 0 Å². The van der Waals surface area contributed by atoms with Crippen LogP contribution in [-0.2, 0) is 4.79 Å². The highest BCUT2D eigenvalue weighted by atomic mass is 16.6. The Hall–Kier alpha value is -2.71. The molecule has 1 amide bonds. The van der Waals surface area contributed by atoms with Gasteiger partial charge in [0.05, 0.1) is 10.6 Å². The lowest BCUT2D eigenvalue weighted by Gasteiger charge is -2.30. The van der Waals surface area contributed by atoms with Gasteiger partial charge in [-0.15, -0.1) is 0 Å². The first-order valence-corrected chi connectivity index (χ1v) is 6.46. The Kier molecular flexibility index (Phi) is 3.16. The molecule has 2 aromatic rings. The number of nitrogens with one attached hydrogen (secondary N) is 1. The molecule has 1 unspecified atom stereocenters. The second-order valence-corrected chi connectivity index (χ2v) is 5.00. The van der Waals surface area contributed by atoms with Crippen LogP contribution in [-0.4, -0.2) is 45.7 Å². The van der Waals surface area contributed by atoms with E-state index in [0.29, 0.717) is 30.6 Å². The number of aromatic nitrogens is 2. The number of non-ortho nitro benzene ring substituents is 1. The van der Waals surface area contributed by atoms with Gasteiger partial charge in [0, 0.05) is 32.1 Å². The Morgan fingerprint density at radius 3 is 2.90 bits per heavy atom. The Morgan fingerprint density at radius 1 is 1.43 bits per heavy atom. The summed E-state index contributed by atoms with van der Waals surface area (Å²) in [5.41, 5.74) is 0.909. The van der Waals surface area contributed by atoms with E-state index in [1.54, 1.807) is 18.0 Å². The summed E-state index contributed by atoms with van der Waals surface area (Å²) in [6.45, 7) is 0.572. The molecule has 1 aromatic heterocycles. The Labute approximate surface area is 119 Å². The maximum absolute atomic E-state index is 11.5. The van der Waals surface area contributed by atoms with Gasteiger partial charge in [0.2, 0.25) is 11.4 Å². The molecule has 1 N–H and O–H groups in total. The zero-order chi connectivity index (χ0) is 15.0. The number of piperidine rings is 1. The van der Waals surface area contributed by atoms with Gasteiger partial charge in [0.25, 0.3) is 0 Å². The van der Waals surface area contributed by atoms with Gasteiger partial charge in [-0.2, -0.15) is 0 Å². The molecular formula is C12H13N5O4. The SMILES string of the molecule is CN1CC(Nc2ccc([N+](=O)[O-])c3nonc23)CCC1=O. The summed E-state index contributed by atoms with van der Waals surface area (Å²) in [7, 11) is 1.75. The molecule has 0 bridgehead atoms. The van der Waals surface area contributed by atoms with Crippen LogP contribution in [0.25, 0.3) is 11.0 Å². The first kappa shape index (κ1) is 13.3. The van der Waals surface area contributed by atoms with E-state index in [0.717, 1.165) is 0 Å². The molecular weight excluding hydrogens is 278 g/mol. The van der Waals surface area contributed by atoms with Gasteiger partial charge in [-0.3, -0.25) is 14.9 Å². The van der Waals surface area contributed by atoms with Crippen molar-refractivity contribution in [3.05, 3.63) is 22.2 Å². The van der Waals surface area contributed by atoms with Crippen molar-refractivity contribution in [3.8, 4) is 0 Å². The number of amides is 1. The van der Waals surface area contributed by atoms with Crippen LogP contribution < -0.4 is 5.32 Å². The number of likely N-dealkylation sites (N-methyl/N-ethyl adjacent to an activating group) is 1. The lowest BCUT2D eigenvalue weighted by molar-refractivity contribution is -0.383. The first-order chi connectivity index (χ1) is 10.1. The zero-order valence-electron chi connectivity index (χ0n) is 11.3. The minimum absolute atomic E-state index is 0.0639. The third-order valence-corrected chi connectivity index (χ3v) is 3.58. The molecule has 9 nitrogen and oxygen atoms in total. The number of nitro groups is 1. The summed E-state index contributed by atoms with van der Waals surface area (Å²) >= 11 is 0. The van der Waals surface area contributed by atoms with Crippen LogP contribution in [0, 0.1) is 10.1 Å². The topological polar surface area (TPSA) is 114 Å². The Morgan fingerprint density at radius 2 is 2.19 bits per heavy atom. The number of hydrogen-bond donors (Lipinski definition) is 1. The van der Waals surface area contributed by atoms with E-state index in [1.165, 1.54) is 6.07 Å². The van der Waals surface area contributed by atoms with Crippen molar-refractivity contribution in [2.45, 2.75) is 18.9 Å². The lowest BCUT2D eigenvalue weighted by atomic mass is 10.1. The number of rotatable bonds is 3. The largest absolute Gasteiger partial charge is 0.379 e. The number of carbonyl (C=O) groups is 1. The quantitative estimate of drug-likeness (QED) is 0.666. The molecule has 0 aliphatic carbocycles. The van der Waals surface area contributed by atoms with E-state index in [4.69, 9.17) is 0 Å². The minimum Gasteiger partial charge on any atom is -0.379 e. The molecule has 1 aliphatic heterocycles. The predicted molar refractivity (Wildman–Crippen MR) is 72.7 cm³/mol. The van der Waals surface area contributed by atoms with Gasteiger partial charge in [0.15, 0.2) is 5.52 Å². The van der Waals surface area contributed by atoms with Gasteiger partial charge < -0.3 is 10.2 Å². The summed E-state index contributed by atoms with van der Waals surface area (Å²) in [4.78, 5) is 23.5. The fourth-order valence-corrected chi connectivity index (χ4v) is 2.47. The second kappa shape index (κ2) is 5.00. The molecule has 1 saturated heterocycles. The number of carbonyl (C=O) groups excluding carboxylic acids is 1. The Balaban J connectivity index is 1.88. The van der Waals surface area contributed by atoms with Gasteiger partial charge in [-0.1, -0.05) is 0 Å². The van der Waals surface area contributed by atoms with Crippen LogP contribution in [0.15, 0.2) is 16.8 Å². The van der Waals surface area contributed by atoms with Gasteiger partial charge in [-0.25, -0.2) is 4.63 Å². The number of nitro benzene ring substituents is 1. The van der Waals surface area contributed by atoms with Crippen molar-refractivity contribution < 1.29 is 14.3 Å². The van der Waals surface area contributed by atoms with E-state index in [1.807, 2.05) is 0 Å². The maximum Gasteiger partial charge on any atom is 0.300 e. The highest BCUT2D eigenvalue weighted by Gasteiger charge is 2.25.